The van der Waals surface area contributed by atoms with Crippen molar-refractivity contribution in [3.05, 3.63) is 66.0 Å². The summed E-state index contributed by atoms with van der Waals surface area (Å²) in [6.07, 6.45) is 0. The molecule has 0 fully saturated rings. The predicted octanol–water partition coefficient (Wildman–Crippen LogP) is 2.64. The molecule has 3 nitrogen and oxygen atoms in total. The van der Waals surface area contributed by atoms with Crippen LogP contribution in [0, 0.1) is 5.82 Å². The van der Waals surface area contributed by atoms with E-state index in [1.54, 1.807) is 19.1 Å². The lowest BCUT2D eigenvalue weighted by Crippen LogP contribution is -2.45. The molecule has 0 saturated heterocycles. The highest BCUT2D eigenvalue weighted by molar-refractivity contribution is 5.88. The number of nitrogens with two attached hydrogens (primary N) is 1. The van der Waals surface area contributed by atoms with Crippen LogP contribution in [0.3, 0.4) is 0 Å². The summed E-state index contributed by atoms with van der Waals surface area (Å²) in [5.41, 5.74) is 5.79. The van der Waals surface area contributed by atoms with Crippen LogP contribution in [0.1, 0.15) is 12.5 Å². The molecule has 0 heterocycles. The summed E-state index contributed by atoms with van der Waals surface area (Å²) in [5.74, 6) is -0.877. The zero-order valence-corrected chi connectivity index (χ0v) is 10.6. The van der Waals surface area contributed by atoms with Crippen molar-refractivity contribution in [3.8, 4) is 0 Å². The predicted molar refractivity (Wildman–Crippen MR) is 73.0 cm³/mol. The normalized spacial score (nSPS) is 13.6. The second-order valence-corrected chi connectivity index (χ2v) is 4.49. The van der Waals surface area contributed by atoms with Gasteiger partial charge >= 0.3 is 0 Å². The molecular formula is C15H15FN2O. The van der Waals surface area contributed by atoms with E-state index in [0.29, 0.717) is 5.56 Å². The Bertz CT molecular complexity index is 568. The Morgan fingerprint density at radius 2 is 1.68 bits per heavy atom. The zero-order valence-electron chi connectivity index (χ0n) is 10.6. The minimum absolute atomic E-state index is 0.352. The van der Waals surface area contributed by atoms with Gasteiger partial charge in [-0.15, -0.1) is 0 Å². The number of rotatable bonds is 4. The number of anilines is 1. The Kier molecular flexibility index (Phi) is 3.51. The first kappa shape index (κ1) is 13.1. The van der Waals surface area contributed by atoms with Gasteiger partial charge in [-0.3, -0.25) is 4.79 Å². The fraction of sp³-hybridized carbons (Fsp3) is 0.133. The molecule has 0 radical (unpaired) electrons. The minimum atomic E-state index is -1.09. The van der Waals surface area contributed by atoms with Crippen LogP contribution in [-0.2, 0) is 10.3 Å². The number of para-hydroxylation sites is 1. The molecular weight excluding hydrogens is 243 g/mol. The van der Waals surface area contributed by atoms with Crippen molar-refractivity contribution in [2.24, 2.45) is 5.73 Å². The van der Waals surface area contributed by atoms with E-state index in [0.717, 1.165) is 5.69 Å². The summed E-state index contributed by atoms with van der Waals surface area (Å²) in [7, 11) is 0. The van der Waals surface area contributed by atoms with Crippen LogP contribution >= 0.6 is 0 Å². The van der Waals surface area contributed by atoms with Gasteiger partial charge in [0.2, 0.25) is 5.91 Å². The quantitative estimate of drug-likeness (QED) is 0.885. The van der Waals surface area contributed by atoms with Gasteiger partial charge in [-0.05, 0) is 36.8 Å². The van der Waals surface area contributed by atoms with Crippen LogP contribution in [0.4, 0.5) is 10.1 Å². The number of hydrogen-bond donors (Lipinski definition) is 2. The first-order valence-corrected chi connectivity index (χ1v) is 5.91. The highest BCUT2D eigenvalue weighted by Crippen LogP contribution is 2.26. The van der Waals surface area contributed by atoms with Gasteiger partial charge in [0.1, 0.15) is 11.4 Å². The van der Waals surface area contributed by atoms with E-state index in [1.165, 1.54) is 12.1 Å². The first-order chi connectivity index (χ1) is 9.02. The maximum absolute atomic E-state index is 13.0. The molecule has 0 aliphatic rings. The maximum atomic E-state index is 13.0. The molecule has 19 heavy (non-hydrogen) atoms. The van der Waals surface area contributed by atoms with Gasteiger partial charge < -0.3 is 11.1 Å². The molecule has 0 aliphatic heterocycles. The number of carbonyl (C=O) groups excluding carboxylic acids is 1. The molecule has 0 spiro atoms. The van der Waals surface area contributed by atoms with Crippen molar-refractivity contribution in [3.63, 3.8) is 0 Å². The van der Waals surface area contributed by atoms with Crippen molar-refractivity contribution < 1.29 is 9.18 Å². The highest BCUT2D eigenvalue weighted by atomic mass is 19.1. The lowest BCUT2D eigenvalue weighted by Gasteiger charge is -2.29. The average molecular weight is 258 g/mol. The number of nitrogens with one attached hydrogen (secondary N) is 1. The van der Waals surface area contributed by atoms with E-state index >= 15 is 0 Å². The fourth-order valence-corrected chi connectivity index (χ4v) is 1.87. The number of halogens is 1. The number of primary amides is 1. The zero-order chi connectivity index (χ0) is 13.9. The fourth-order valence-electron chi connectivity index (χ4n) is 1.87. The number of benzene rings is 2. The Balaban J connectivity index is 2.38. The molecule has 3 N–H and O–H groups in total. The number of amides is 1. The molecule has 98 valence electrons. The second kappa shape index (κ2) is 5.10. The van der Waals surface area contributed by atoms with Crippen LogP contribution in [-0.4, -0.2) is 5.91 Å². The maximum Gasteiger partial charge on any atom is 0.247 e. The number of hydrogen-bond acceptors (Lipinski definition) is 2. The van der Waals surface area contributed by atoms with Gasteiger partial charge in [0.25, 0.3) is 0 Å². The van der Waals surface area contributed by atoms with E-state index in [4.69, 9.17) is 5.73 Å². The molecule has 4 heteroatoms. The van der Waals surface area contributed by atoms with Crippen LogP contribution in [0.2, 0.25) is 0 Å². The second-order valence-electron chi connectivity index (χ2n) is 4.49. The third kappa shape index (κ3) is 2.73. The SMILES string of the molecule is CC(Nc1ccccc1)(C(N)=O)c1ccc(F)cc1. The smallest absolute Gasteiger partial charge is 0.247 e. The van der Waals surface area contributed by atoms with Crippen molar-refractivity contribution in [2.45, 2.75) is 12.5 Å². The van der Waals surface area contributed by atoms with E-state index in [1.807, 2.05) is 30.3 Å². The standard InChI is InChI=1S/C15H15FN2O/c1-15(14(17)19,11-7-9-12(16)10-8-11)18-13-5-3-2-4-6-13/h2-10,18H,1H3,(H2,17,19). The van der Waals surface area contributed by atoms with Crippen LogP contribution in [0.5, 0.6) is 0 Å². The molecule has 1 amide bonds. The van der Waals surface area contributed by atoms with E-state index < -0.39 is 11.4 Å². The molecule has 1 unspecified atom stereocenters. The van der Waals surface area contributed by atoms with Crippen molar-refractivity contribution in [2.75, 3.05) is 5.32 Å². The molecule has 0 aliphatic carbocycles. The van der Waals surface area contributed by atoms with Gasteiger partial charge in [0.15, 0.2) is 0 Å². The van der Waals surface area contributed by atoms with Crippen molar-refractivity contribution in [1.82, 2.24) is 0 Å². The molecule has 2 aromatic carbocycles. The topological polar surface area (TPSA) is 55.1 Å². The van der Waals surface area contributed by atoms with Gasteiger partial charge in [-0.25, -0.2) is 4.39 Å². The summed E-state index contributed by atoms with van der Waals surface area (Å²) < 4.78 is 13.0. The largest absolute Gasteiger partial charge is 0.368 e. The summed E-state index contributed by atoms with van der Waals surface area (Å²) in [6.45, 7) is 1.68. The van der Waals surface area contributed by atoms with E-state index in [9.17, 15) is 9.18 Å². The van der Waals surface area contributed by atoms with Crippen molar-refractivity contribution >= 4 is 11.6 Å². The summed E-state index contributed by atoms with van der Waals surface area (Å²) in [4.78, 5) is 11.8. The molecule has 0 saturated carbocycles. The molecule has 1 atom stereocenters. The van der Waals surface area contributed by atoms with Gasteiger partial charge in [0, 0.05) is 5.69 Å². The Hall–Kier alpha value is -2.36. The Morgan fingerprint density at radius 1 is 1.11 bits per heavy atom. The summed E-state index contributed by atoms with van der Waals surface area (Å²) in [6, 6.07) is 15.0. The monoisotopic (exact) mass is 258 g/mol. The number of carbonyl (C=O) groups is 1. The van der Waals surface area contributed by atoms with E-state index in [-0.39, 0.29) is 5.82 Å². The van der Waals surface area contributed by atoms with E-state index in [2.05, 4.69) is 5.32 Å². The summed E-state index contributed by atoms with van der Waals surface area (Å²) in [5, 5.41) is 3.09. The molecule has 0 aromatic heterocycles. The molecule has 2 aromatic rings. The van der Waals surface area contributed by atoms with Crippen LogP contribution in [0.15, 0.2) is 54.6 Å². The third-order valence-corrected chi connectivity index (χ3v) is 3.08. The minimum Gasteiger partial charge on any atom is -0.368 e. The molecule has 2 rings (SSSR count). The van der Waals surface area contributed by atoms with Gasteiger partial charge in [0.05, 0.1) is 0 Å². The first-order valence-electron chi connectivity index (χ1n) is 5.91. The molecule has 0 bridgehead atoms. The Labute approximate surface area is 111 Å². The van der Waals surface area contributed by atoms with Crippen LogP contribution in [0.25, 0.3) is 0 Å². The van der Waals surface area contributed by atoms with Gasteiger partial charge in [-0.2, -0.15) is 0 Å². The average Bonchev–Trinajstić information content (AvgIpc) is 2.40. The summed E-state index contributed by atoms with van der Waals surface area (Å²) >= 11 is 0. The third-order valence-electron chi connectivity index (χ3n) is 3.08. The van der Waals surface area contributed by atoms with Crippen LogP contribution < -0.4 is 11.1 Å². The highest BCUT2D eigenvalue weighted by Gasteiger charge is 2.33. The van der Waals surface area contributed by atoms with Crippen molar-refractivity contribution in [1.29, 1.82) is 0 Å². The Morgan fingerprint density at radius 3 is 2.21 bits per heavy atom. The lowest BCUT2D eigenvalue weighted by atomic mass is 9.91. The van der Waals surface area contributed by atoms with Gasteiger partial charge in [-0.1, -0.05) is 30.3 Å². The lowest BCUT2D eigenvalue weighted by molar-refractivity contribution is -0.122.